The number of hydrogen-bond acceptors (Lipinski definition) is 3. The number of hydrogen-bond donors (Lipinski definition) is 0. The summed E-state index contributed by atoms with van der Waals surface area (Å²) in [7, 11) is 1.53. The van der Waals surface area contributed by atoms with Crippen LogP contribution in [0.25, 0.3) is 5.57 Å². The van der Waals surface area contributed by atoms with Crippen LogP contribution in [0.4, 0.5) is 13.2 Å². The number of aryl methyl sites for hydroxylation is 1. The van der Waals surface area contributed by atoms with E-state index in [0.29, 0.717) is 17.4 Å². The van der Waals surface area contributed by atoms with Gasteiger partial charge in [0.05, 0.1) is 12.7 Å². The molecular formula is C23H23F3N2O3. The summed E-state index contributed by atoms with van der Waals surface area (Å²) >= 11 is 0. The molecule has 1 fully saturated rings. The monoisotopic (exact) mass is 432 g/mol. The van der Waals surface area contributed by atoms with Gasteiger partial charge in [0.1, 0.15) is 5.75 Å². The average molecular weight is 432 g/mol. The summed E-state index contributed by atoms with van der Waals surface area (Å²) in [5, 5.41) is 0. The highest BCUT2D eigenvalue weighted by Gasteiger charge is 2.36. The van der Waals surface area contributed by atoms with E-state index in [1.807, 2.05) is 6.92 Å². The first-order valence-corrected chi connectivity index (χ1v) is 9.78. The standard InChI is InChI=1S/C23H23F3N2O3/c1-16-8-9-18(14-20(16)31-2)22(30)28-12-10-27(11-13-28)21(29)15-19(23(24,25)26)17-6-4-3-5-7-17/h3-9,14-15H,10-13H2,1-2H3/b19-15-. The number of carbonyl (C=O) groups excluding carboxylic acids is 2. The minimum Gasteiger partial charge on any atom is -0.496 e. The lowest BCUT2D eigenvalue weighted by Gasteiger charge is -2.34. The molecule has 1 aliphatic rings. The average Bonchev–Trinajstić information content (AvgIpc) is 2.77. The lowest BCUT2D eigenvalue weighted by atomic mass is 10.0. The summed E-state index contributed by atoms with van der Waals surface area (Å²) in [4.78, 5) is 28.2. The first-order chi connectivity index (χ1) is 14.7. The van der Waals surface area contributed by atoms with Crippen molar-refractivity contribution in [1.82, 2.24) is 9.80 Å². The van der Waals surface area contributed by atoms with Crippen LogP contribution in [0.3, 0.4) is 0 Å². The molecule has 0 aromatic heterocycles. The number of allylic oxidation sites excluding steroid dienone is 1. The van der Waals surface area contributed by atoms with Gasteiger partial charge in [-0.3, -0.25) is 9.59 Å². The molecule has 0 bridgehead atoms. The Balaban J connectivity index is 1.69. The van der Waals surface area contributed by atoms with Gasteiger partial charge in [-0.2, -0.15) is 13.2 Å². The molecule has 1 heterocycles. The highest BCUT2D eigenvalue weighted by Crippen LogP contribution is 2.33. The van der Waals surface area contributed by atoms with Crippen molar-refractivity contribution in [2.45, 2.75) is 13.1 Å². The first kappa shape index (κ1) is 22.4. The molecule has 2 amide bonds. The van der Waals surface area contributed by atoms with E-state index in [-0.39, 0.29) is 37.6 Å². The van der Waals surface area contributed by atoms with Crippen molar-refractivity contribution >= 4 is 17.4 Å². The van der Waals surface area contributed by atoms with Crippen LogP contribution >= 0.6 is 0 Å². The normalized spacial score (nSPS) is 15.1. The van der Waals surface area contributed by atoms with Gasteiger partial charge in [0.15, 0.2) is 0 Å². The Labute approximate surface area is 178 Å². The maximum Gasteiger partial charge on any atom is 0.417 e. The van der Waals surface area contributed by atoms with E-state index < -0.39 is 17.7 Å². The smallest absolute Gasteiger partial charge is 0.417 e. The quantitative estimate of drug-likeness (QED) is 0.688. The summed E-state index contributed by atoms with van der Waals surface area (Å²) in [5.41, 5.74) is 0.319. The number of carbonyl (C=O) groups is 2. The van der Waals surface area contributed by atoms with Crippen molar-refractivity contribution in [1.29, 1.82) is 0 Å². The minimum atomic E-state index is -4.65. The Morgan fingerprint density at radius 1 is 0.935 bits per heavy atom. The van der Waals surface area contributed by atoms with Crippen LogP contribution in [0.15, 0.2) is 54.6 Å². The number of ether oxygens (including phenoxy) is 1. The molecule has 0 aliphatic carbocycles. The maximum absolute atomic E-state index is 13.5. The number of amides is 2. The molecule has 0 atom stereocenters. The topological polar surface area (TPSA) is 49.9 Å². The Morgan fingerprint density at radius 2 is 1.55 bits per heavy atom. The zero-order valence-corrected chi connectivity index (χ0v) is 17.3. The largest absolute Gasteiger partial charge is 0.496 e. The zero-order valence-electron chi connectivity index (χ0n) is 17.3. The van der Waals surface area contributed by atoms with Gasteiger partial charge < -0.3 is 14.5 Å². The van der Waals surface area contributed by atoms with Gasteiger partial charge in [0.2, 0.25) is 5.91 Å². The molecular weight excluding hydrogens is 409 g/mol. The van der Waals surface area contributed by atoms with E-state index in [4.69, 9.17) is 4.74 Å². The summed E-state index contributed by atoms with van der Waals surface area (Å²) in [6.45, 7) is 2.66. The highest BCUT2D eigenvalue weighted by molar-refractivity contribution is 5.97. The van der Waals surface area contributed by atoms with Crippen LogP contribution in [0.2, 0.25) is 0 Å². The lowest BCUT2D eigenvalue weighted by molar-refractivity contribution is -0.127. The molecule has 5 nitrogen and oxygen atoms in total. The third-order valence-corrected chi connectivity index (χ3v) is 5.19. The minimum absolute atomic E-state index is 0.0644. The summed E-state index contributed by atoms with van der Waals surface area (Å²) in [5.74, 6) is -0.327. The molecule has 31 heavy (non-hydrogen) atoms. The molecule has 0 unspecified atom stereocenters. The molecule has 164 valence electrons. The van der Waals surface area contributed by atoms with Crippen LogP contribution in [0, 0.1) is 6.92 Å². The van der Waals surface area contributed by atoms with E-state index in [9.17, 15) is 22.8 Å². The fourth-order valence-electron chi connectivity index (χ4n) is 3.43. The SMILES string of the molecule is COc1cc(C(=O)N2CCN(C(=O)/C=C(/c3ccccc3)C(F)(F)F)CC2)ccc1C. The van der Waals surface area contributed by atoms with Crippen LogP contribution in [0.5, 0.6) is 5.75 Å². The summed E-state index contributed by atoms with van der Waals surface area (Å²) in [6.07, 6.45) is -4.02. The Hall–Kier alpha value is -3.29. The van der Waals surface area contributed by atoms with Crippen molar-refractivity contribution in [2.75, 3.05) is 33.3 Å². The predicted molar refractivity (Wildman–Crippen MR) is 111 cm³/mol. The van der Waals surface area contributed by atoms with Crippen LogP contribution in [-0.4, -0.2) is 61.1 Å². The molecule has 1 aliphatic heterocycles. The second-order valence-corrected chi connectivity index (χ2v) is 7.22. The second kappa shape index (κ2) is 9.24. The van der Waals surface area contributed by atoms with Crippen molar-refractivity contribution in [3.8, 4) is 5.75 Å². The number of rotatable bonds is 4. The molecule has 0 spiro atoms. The highest BCUT2D eigenvalue weighted by atomic mass is 19.4. The molecule has 0 radical (unpaired) electrons. The number of halogens is 3. The summed E-state index contributed by atoms with van der Waals surface area (Å²) in [6, 6.07) is 12.4. The predicted octanol–water partition coefficient (Wildman–Crippen LogP) is 3.93. The van der Waals surface area contributed by atoms with E-state index in [1.54, 1.807) is 29.2 Å². The number of piperazine rings is 1. The van der Waals surface area contributed by atoms with Crippen molar-refractivity contribution in [3.05, 3.63) is 71.3 Å². The van der Waals surface area contributed by atoms with Crippen molar-refractivity contribution in [3.63, 3.8) is 0 Å². The van der Waals surface area contributed by atoms with Gasteiger partial charge >= 0.3 is 6.18 Å². The number of alkyl halides is 3. The summed E-state index contributed by atoms with van der Waals surface area (Å²) < 4.78 is 45.7. The number of nitrogens with zero attached hydrogens (tertiary/aromatic N) is 2. The molecule has 2 aromatic carbocycles. The fourth-order valence-corrected chi connectivity index (χ4v) is 3.43. The van der Waals surface area contributed by atoms with Gasteiger partial charge in [-0.15, -0.1) is 0 Å². The lowest BCUT2D eigenvalue weighted by Crippen LogP contribution is -2.50. The maximum atomic E-state index is 13.5. The van der Waals surface area contributed by atoms with Crippen LogP contribution < -0.4 is 4.74 Å². The third kappa shape index (κ3) is 5.25. The van der Waals surface area contributed by atoms with Crippen molar-refractivity contribution in [2.24, 2.45) is 0 Å². The van der Waals surface area contributed by atoms with Crippen molar-refractivity contribution < 1.29 is 27.5 Å². The van der Waals surface area contributed by atoms with Gasteiger partial charge in [0, 0.05) is 37.8 Å². The molecule has 0 N–H and O–H groups in total. The Bertz CT molecular complexity index is 979. The van der Waals surface area contributed by atoms with Crippen LogP contribution in [-0.2, 0) is 4.79 Å². The molecule has 1 saturated heterocycles. The third-order valence-electron chi connectivity index (χ3n) is 5.19. The van der Waals surface area contributed by atoms with Gasteiger partial charge in [0.25, 0.3) is 5.91 Å². The first-order valence-electron chi connectivity index (χ1n) is 9.78. The number of methoxy groups -OCH3 is 1. The fraction of sp³-hybridized carbons (Fsp3) is 0.304. The van der Waals surface area contributed by atoms with E-state index in [0.717, 1.165) is 5.56 Å². The van der Waals surface area contributed by atoms with E-state index in [2.05, 4.69) is 0 Å². The molecule has 8 heteroatoms. The van der Waals surface area contributed by atoms with Gasteiger partial charge in [-0.1, -0.05) is 36.4 Å². The second-order valence-electron chi connectivity index (χ2n) is 7.22. The zero-order chi connectivity index (χ0) is 22.6. The number of benzene rings is 2. The van der Waals surface area contributed by atoms with E-state index in [1.165, 1.54) is 36.3 Å². The Kier molecular flexibility index (Phi) is 6.68. The molecule has 3 rings (SSSR count). The van der Waals surface area contributed by atoms with Gasteiger partial charge in [-0.05, 0) is 30.2 Å². The molecule has 0 saturated carbocycles. The Morgan fingerprint density at radius 3 is 2.13 bits per heavy atom. The molecule has 2 aromatic rings. The van der Waals surface area contributed by atoms with Gasteiger partial charge in [-0.25, -0.2) is 0 Å². The van der Waals surface area contributed by atoms with Crippen LogP contribution in [0.1, 0.15) is 21.5 Å². The van der Waals surface area contributed by atoms with E-state index >= 15 is 0 Å².